The fraction of sp³-hybridized carbons (Fsp3) is 0.189. The Balaban J connectivity index is 0.000000235. The van der Waals surface area contributed by atoms with Crippen molar-refractivity contribution < 1.29 is 44.8 Å². The molecule has 0 fully saturated rings. The summed E-state index contributed by atoms with van der Waals surface area (Å²) < 4.78 is 1.33. The summed E-state index contributed by atoms with van der Waals surface area (Å²) in [4.78, 5) is 0. The summed E-state index contributed by atoms with van der Waals surface area (Å²) in [5, 5.41) is 5.54. The summed E-state index contributed by atoms with van der Waals surface area (Å²) >= 11 is 2.16. The van der Waals surface area contributed by atoms with E-state index >= 15 is 0 Å². The van der Waals surface area contributed by atoms with Crippen molar-refractivity contribution in [1.82, 2.24) is 0 Å². The fourth-order valence-electron chi connectivity index (χ4n) is 4.47. The zero-order valence-electron chi connectivity index (χ0n) is 23.7. The van der Waals surface area contributed by atoms with Gasteiger partial charge in [-0.25, -0.2) is 12.2 Å². The van der Waals surface area contributed by atoms with Gasteiger partial charge in [-0.15, -0.1) is 46.2 Å². The van der Waals surface area contributed by atoms with Crippen LogP contribution in [0.25, 0.3) is 21.5 Å². The second kappa shape index (κ2) is 16.6. The van der Waals surface area contributed by atoms with E-state index in [4.69, 9.17) is 0 Å². The Morgan fingerprint density at radius 2 is 1.12 bits per heavy atom. The molecule has 204 valence electrons. The number of hydrogen-bond donors (Lipinski definition) is 0. The third kappa shape index (κ3) is 8.95. The van der Waals surface area contributed by atoms with Crippen LogP contribution in [0.1, 0.15) is 68.2 Å². The van der Waals surface area contributed by atoms with Crippen LogP contribution in [0, 0.1) is 6.08 Å². The molecule has 0 amide bonds. The van der Waals surface area contributed by atoms with E-state index < -0.39 is 0 Å². The molecule has 0 aliphatic heterocycles. The van der Waals surface area contributed by atoms with Crippen LogP contribution in [0.3, 0.4) is 0 Å². The van der Waals surface area contributed by atoms with Gasteiger partial charge < -0.3 is 24.8 Å². The summed E-state index contributed by atoms with van der Waals surface area (Å²) in [6, 6.07) is 37.0. The van der Waals surface area contributed by atoms with Gasteiger partial charge >= 0.3 is 95.6 Å². The standard InChI is InChI=1S/C19H21.C13H10.C5H5.2ClH.Ti/c1-12(2)14-5-7-16-9-17-8-6-15(13(3)4)11-19(17)18(16)10-14;1-3-7-12(8-4-1)11-13-9-5-2-6-10-13;1-2-4-5-3-1;;;/h5-13H,1-4H3;1-10H;1-3H,4H2;2*1H;/q-1;;-1;;;+2/p-2. The van der Waals surface area contributed by atoms with E-state index in [1.807, 2.05) is 24.3 Å². The van der Waals surface area contributed by atoms with E-state index in [1.54, 1.807) is 0 Å². The molecule has 5 aromatic carbocycles. The third-order valence-corrected chi connectivity index (χ3v) is 7.70. The van der Waals surface area contributed by atoms with Gasteiger partial charge in [0, 0.05) is 0 Å². The van der Waals surface area contributed by atoms with Crippen LogP contribution in [0.2, 0.25) is 0 Å². The summed E-state index contributed by atoms with van der Waals surface area (Å²) in [7, 11) is 0. The molecule has 0 nitrogen and oxygen atoms in total. The van der Waals surface area contributed by atoms with Gasteiger partial charge in [-0.1, -0.05) is 63.1 Å². The van der Waals surface area contributed by atoms with Crippen molar-refractivity contribution in [3.05, 3.63) is 150 Å². The van der Waals surface area contributed by atoms with Crippen LogP contribution in [0.5, 0.6) is 0 Å². The Hall–Kier alpha value is -2.61. The minimum atomic E-state index is 0. The summed E-state index contributed by atoms with van der Waals surface area (Å²) in [6.45, 7) is 9.02. The molecule has 0 bridgehead atoms. The molecule has 0 heterocycles. The molecule has 40 heavy (non-hydrogen) atoms. The molecule has 5 aromatic rings. The van der Waals surface area contributed by atoms with Gasteiger partial charge in [-0.3, -0.25) is 6.08 Å². The first-order chi connectivity index (χ1) is 18.4. The molecule has 1 aliphatic carbocycles. The van der Waals surface area contributed by atoms with Crippen molar-refractivity contribution in [3.8, 4) is 0 Å². The van der Waals surface area contributed by atoms with Gasteiger partial charge in [0.05, 0.1) is 0 Å². The number of allylic oxidation sites excluding steroid dienone is 4. The van der Waals surface area contributed by atoms with Crippen molar-refractivity contribution in [3.63, 3.8) is 0 Å². The number of hydrogen-bond acceptors (Lipinski definition) is 0. The molecule has 0 saturated heterocycles. The Morgan fingerprint density at radius 3 is 1.45 bits per heavy atom. The number of rotatable bonds is 4. The second-order valence-electron chi connectivity index (χ2n) is 10.3. The average Bonchev–Trinajstić information content (AvgIpc) is 3.65. The number of halogens is 2. The number of benzene rings is 4. The van der Waals surface area contributed by atoms with Gasteiger partial charge in [0.15, 0.2) is 0 Å². The zero-order chi connectivity index (χ0) is 26.9. The Kier molecular flexibility index (Phi) is 14.0. The van der Waals surface area contributed by atoms with Crippen LogP contribution in [-0.2, 0) is 20.0 Å². The monoisotopic (exact) mass is 598 g/mol. The fourth-order valence-corrected chi connectivity index (χ4v) is 4.99. The van der Waals surface area contributed by atoms with Crippen LogP contribution < -0.4 is 24.8 Å². The molecule has 0 unspecified atom stereocenters. The van der Waals surface area contributed by atoms with Crippen molar-refractivity contribution in [2.45, 2.75) is 46.0 Å². The SMILES string of the molecule is CC(C)c1ccc2[cH-]c3ccc(C(C)C)cc3c2c1.[C-]1=CC=CC1.[Cl-].[Cl-].[Ti+2]=[C](c1ccccc1)c1ccccc1. The van der Waals surface area contributed by atoms with E-state index in [-0.39, 0.29) is 24.8 Å². The van der Waals surface area contributed by atoms with Gasteiger partial charge in [-0.05, 0) is 11.8 Å². The maximum absolute atomic E-state index is 2.99. The number of fused-ring (bicyclic) bond motifs is 3. The molecule has 0 aromatic heterocycles. The molecule has 3 heteroatoms. The predicted octanol–water partition coefficient (Wildman–Crippen LogP) is 4.07. The molecule has 6 rings (SSSR count). The maximum atomic E-state index is 2.99. The van der Waals surface area contributed by atoms with Crippen LogP contribution in [0.15, 0.2) is 121 Å². The first kappa shape index (κ1) is 33.6. The summed E-state index contributed by atoms with van der Waals surface area (Å²) in [6.07, 6.45) is 10.0. The van der Waals surface area contributed by atoms with E-state index in [0.29, 0.717) is 11.8 Å². The minimum absolute atomic E-state index is 0. The van der Waals surface area contributed by atoms with Crippen LogP contribution >= 0.6 is 0 Å². The van der Waals surface area contributed by atoms with Crippen molar-refractivity contribution in [2.75, 3.05) is 0 Å². The topological polar surface area (TPSA) is 0 Å². The first-order valence-corrected chi connectivity index (χ1v) is 14.3. The zero-order valence-corrected chi connectivity index (χ0v) is 26.7. The Morgan fingerprint density at radius 1 is 0.675 bits per heavy atom. The Bertz CT molecular complexity index is 1430. The van der Waals surface area contributed by atoms with Crippen molar-refractivity contribution in [1.29, 1.82) is 0 Å². The average molecular weight is 599 g/mol. The van der Waals surface area contributed by atoms with Gasteiger partial charge in [0.1, 0.15) is 0 Å². The molecule has 0 N–H and O–H groups in total. The molecule has 0 atom stereocenters. The van der Waals surface area contributed by atoms with E-state index in [2.05, 4.69) is 151 Å². The van der Waals surface area contributed by atoms with Crippen LogP contribution in [0.4, 0.5) is 0 Å². The molecular formula is C37H36Cl2Ti-2. The van der Waals surface area contributed by atoms with Crippen LogP contribution in [-0.4, -0.2) is 3.81 Å². The van der Waals surface area contributed by atoms with Gasteiger partial charge in [-0.2, -0.15) is 6.08 Å². The quantitative estimate of drug-likeness (QED) is 0.216. The predicted molar refractivity (Wildman–Crippen MR) is 163 cm³/mol. The molecule has 0 spiro atoms. The molecular weight excluding hydrogens is 563 g/mol. The van der Waals surface area contributed by atoms with E-state index in [0.717, 1.165) is 6.42 Å². The Labute approximate surface area is 264 Å². The van der Waals surface area contributed by atoms with E-state index in [1.165, 1.54) is 47.6 Å². The third-order valence-electron chi connectivity index (χ3n) is 6.80. The van der Waals surface area contributed by atoms with Gasteiger partial charge in [0.2, 0.25) is 0 Å². The summed E-state index contributed by atoms with van der Waals surface area (Å²) in [5.74, 6) is 1.17. The second-order valence-corrected chi connectivity index (χ2v) is 11.0. The van der Waals surface area contributed by atoms with Gasteiger partial charge in [0.25, 0.3) is 0 Å². The molecule has 1 aliphatic rings. The van der Waals surface area contributed by atoms with Crippen molar-refractivity contribution in [2.24, 2.45) is 0 Å². The van der Waals surface area contributed by atoms with E-state index in [9.17, 15) is 0 Å². The summed E-state index contributed by atoms with van der Waals surface area (Å²) in [5.41, 5.74) is 5.43. The first-order valence-electron chi connectivity index (χ1n) is 13.5. The normalized spacial score (nSPS) is 11.4. The van der Waals surface area contributed by atoms with Crippen molar-refractivity contribution >= 4 is 25.4 Å². The molecule has 0 radical (unpaired) electrons. The molecule has 0 saturated carbocycles.